The molecule has 5 nitrogen and oxygen atoms in total. The monoisotopic (exact) mass is 457 g/mol. The van der Waals surface area contributed by atoms with Crippen LogP contribution in [0.15, 0.2) is 66.7 Å². The molecule has 0 heterocycles. The van der Waals surface area contributed by atoms with Crippen LogP contribution in [0.2, 0.25) is 5.02 Å². The number of halogens is 1. The van der Waals surface area contributed by atoms with Crippen molar-refractivity contribution in [2.75, 3.05) is 26.3 Å². The Morgan fingerprint density at radius 2 is 1.50 bits per heavy atom. The van der Waals surface area contributed by atoms with Gasteiger partial charge < -0.3 is 19.7 Å². The number of hydrogen-bond donors (Lipinski definition) is 2. The molecule has 0 bridgehead atoms. The Hall–Kier alpha value is -2.15. The van der Waals surface area contributed by atoms with E-state index in [9.17, 15) is 10.2 Å². The maximum atomic E-state index is 10.6. The molecule has 32 heavy (non-hydrogen) atoms. The fourth-order valence-corrected chi connectivity index (χ4v) is 3.76. The molecular weight excluding hydrogens is 426 g/mol. The summed E-state index contributed by atoms with van der Waals surface area (Å²) >= 11 is 6.14. The number of ether oxygens (including phenoxy) is 2. The van der Waals surface area contributed by atoms with Crippen LogP contribution in [0.5, 0.6) is 5.75 Å². The number of aliphatic hydroxyl groups is 2. The van der Waals surface area contributed by atoms with E-state index in [0.717, 1.165) is 22.1 Å². The van der Waals surface area contributed by atoms with Crippen molar-refractivity contribution in [1.29, 1.82) is 0 Å². The molecule has 6 heteroatoms. The van der Waals surface area contributed by atoms with Gasteiger partial charge >= 0.3 is 0 Å². The molecule has 0 aliphatic carbocycles. The molecule has 2 N–H and O–H groups in total. The van der Waals surface area contributed by atoms with Crippen molar-refractivity contribution in [2.45, 2.75) is 38.7 Å². The van der Waals surface area contributed by atoms with Crippen molar-refractivity contribution in [1.82, 2.24) is 4.90 Å². The first-order valence-electron chi connectivity index (χ1n) is 11.0. The summed E-state index contributed by atoms with van der Waals surface area (Å²) in [5.41, 5.74) is 0.892. The van der Waals surface area contributed by atoms with Gasteiger partial charge in [-0.2, -0.15) is 0 Å². The minimum absolute atomic E-state index is 0.153. The summed E-state index contributed by atoms with van der Waals surface area (Å²) in [5.74, 6) is 0.756. The van der Waals surface area contributed by atoms with Gasteiger partial charge in [0.05, 0.1) is 19.3 Å². The van der Waals surface area contributed by atoms with Gasteiger partial charge in [0.1, 0.15) is 18.5 Å². The summed E-state index contributed by atoms with van der Waals surface area (Å²) in [7, 11) is 0. The molecule has 0 spiro atoms. The van der Waals surface area contributed by atoms with Crippen molar-refractivity contribution in [3.63, 3.8) is 0 Å². The lowest BCUT2D eigenvalue weighted by molar-refractivity contribution is -0.00941. The zero-order valence-corrected chi connectivity index (χ0v) is 19.4. The molecule has 172 valence electrons. The predicted molar refractivity (Wildman–Crippen MR) is 129 cm³/mol. The van der Waals surface area contributed by atoms with E-state index in [1.165, 1.54) is 0 Å². The molecular formula is C26H32ClNO4. The molecule has 3 rings (SSSR count). The number of nitrogens with zero attached hydrogens (tertiary/aromatic N) is 1. The van der Waals surface area contributed by atoms with E-state index in [1.807, 2.05) is 85.5 Å². The van der Waals surface area contributed by atoms with E-state index in [0.29, 0.717) is 24.7 Å². The van der Waals surface area contributed by atoms with Crippen molar-refractivity contribution in [3.05, 3.63) is 77.3 Å². The number of rotatable bonds is 12. The van der Waals surface area contributed by atoms with Crippen LogP contribution < -0.4 is 4.74 Å². The fourth-order valence-electron chi connectivity index (χ4n) is 3.57. The standard InChI is InChI=1S/C26H32ClNO4/c1-19(2)28(14-22(29)17-31-16-21-9-4-6-12-25(21)27)15-23(30)18-32-26-13-7-10-20-8-3-5-11-24(20)26/h3-13,19,22-23,29-30H,14-18H2,1-2H3/t22-,23-/m1/s1. The summed E-state index contributed by atoms with van der Waals surface area (Å²) < 4.78 is 11.6. The number of fused-ring (bicyclic) bond motifs is 1. The highest BCUT2D eigenvalue weighted by Gasteiger charge is 2.19. The average Bonchev–Trinajstić information content (AvgIpc) is 2.78. The van der Waals surface area contributed by atoms with Gasteiger partial charge in [0, 0.05) is 29.5 Å². The second kappa shape index (κ2) is 12.2. The fraction of sp³-hybridized carbons (Fsp3) is 0.385. The Morgan fingerprint density at radius 1 is 0.844 bits per heavy atom. The van der Waals surface area contributed by atoms with Gasteiger partial charge in [-0.3, -0.25) is 4.90 Å². The number of aliphatic hydroxyl groups excluding tert-OH is 2. The lowest BCUT2D eigenvalue weighted by Gasteiger charge is -2.30. The number of hydrogen-bond acceptors (Lipinski definition) is 5. The van der Waals surface area contributed by atoms with Gasteiger partial charge in [0.2, 0.25) is 0 Å². The summed E-state index contributed by atoms with van der Waals surface area (Å²) in [4.78, 5) is 2.03. The van der Waals surface area contributed by atoms with Crippen molar-refractivity contribution < 1.29 is 19.7 Å². The Morgan fingerprint density at radius 3 is 2.25 bits per heavy atom. The largest absolute Gasteiger partial charge is 0.490 e. The minimum atomic E-state index is -0.687. The molecule has 0 unspecified atom stereocenters. The van der Waals surface area contributed by atoms with Crippen LogP contribution in [0.25, 0.3) is 10.8 Å². The number of benzene rings is 3. The van der Waals surface area contributed by atoms with E-state index in [-0.39, 0.29) is 19.3 Å². The zero-order valence-electron chi connectivity index (χ0n) is 18.7. The molecule has 3 aromatic carbocycles. The van der Waals surface area contributed by atoms with E-state index in [4.69, 9.17) is 21.1 Å². The molecule has 0 aliphatic rings. The van der Waals surface area contributed by atoms with Crippen molar-refractivity contribution in [3.8, 4) is 5.75 Å². The zero-order chi connectivity index (χ0) is 22.9. The van der Waals surface area contributed by atoms with Crippen LogP contribution in [0.3, 0.4) is 0 Å². The first-order chi connectivity index (χ1) is 15.4. The maximum Gasteiger partial charge on any atom is 0.127 e. The molecule has 0 aromatic heterocycles. The maximum absolute atomic E-state index is 10.6. The molecule has 2 atom stereocenters. The van der Waals surface area contributed by atoms with Gasteiger partial charge in [-0.1, -0.05) is 66.2 Å². The Kier molecular flexibility index (Phi) is 9.33. The predicted octanol–water partition coefficient (Wildman–Crippen LogP) is 4.52. The van der Waals surface area contributed by atoms with E-state index >= 15 is 0 Å². The van der Waals surface area contributed by atoms with E-state index in [1.54, 1.807) is 0 Å². The Balaban J connectivity index is 1.47. The molecule has 3 aromatic rings. The second-order valence-corrected chi connectivity index (χ2v) is 8.66. The van der Waals surface area contributed by atoms with Crippen LogP contribution in [0.1, 0.15) is 19.4 Å². The van der Waals surface area contributed by atoms with Crippen LogP contribution in [-0.2, 0) is 11.3 Å². The summed E-state index contributed by atoms with van der Waals surface area (Å²) in [6.07, 6.45) is -1.36. The Bertz CT molecular complexity index is 975. The topological polar surface area (TPSA) is 62.2 Å². The van der Waals surface area contributed by atoms with Gasteiger partial charge in [0.25, 0.3) is 0 Å². The second-order valence-electron chi connectivity index (χ2n) is 8.25. The highest BCUT2D eigenvalue weighted by atomic mass is 35.5. The van der Waals surface area contributed by atoms with E-state index < -0.39 is 12.2 Å². The van der Waals surface area contributed by atoms with Gasteiger partial charge in [-0.05, 0) is 36.9 Å². The first kappa shape index (κ1) is 24.5. The van der Waals surface area contributed by atoms with Gasteiger partial charge in [-0.15, -0.1) is 0 Å². The van der Waals surface area contributed by atoms with Crippen molar-refractivity contribution >= 4 is 22.4 Å². The normalized spacial score (nSPS) is 13.6. The smallest absolute Gasteiger partial charge is 0.127 e. The third-order valence-corrected chi connectivity index (χ3v) is 5.70. The summed E-state index contributed by atoms with van der Waals surface area (Å²) in [5, 5.41) is 23.8. The first-order valence-corrected chi connectivity index (χ1v) is 11.3. The Labute approximate surface area is 195 Å². The molecule has 0 aliphatic heterocycles. The molecule has 0 amide bonds. The highest BCUT2D eigenvalue weighted by molar-refractivity contribution is 6.31. The molecule has 0 saturated carbocycles. The highest BCUT2D eigenvalue weighted by Crippen LogP contribution is 2.25. The van der Waals surface area contributed by atoms with Crippen LogP contribution in [0, 0.1) is 0 Å². The third-order valence-electron chi connectivity index (χ3n) is 5.33. The third kappa shape index (κ3) is 7.19. The molecule has 0 saturated heterocycles. The quantitative estimate of drug-likeness (QED) is 0.418. The molecule has 0 fully saturated rings. The van der Waals surface area contributed by atoms with Gasteiger partial charge in [-0.25, -0.2) is 0 Å². The minimum Gasteiger partial charge on any atom is -0.490 e. The molecule has 0 radical (unpaired) electrons. The lowest BCUT2D eigenvalue weighted by atomic mass is 10.1. The van der Waals surface area contributed by atoms with Crippen molar-refractivity contribution in [2.24, 2.45) is 0 Å². The summed E-state index contributed by atoms with van der Waals surface area (Å²) in [6, 6.07) is 21.6. The SMILES string of the molecule is CC(C)N(C[C@@H](O)COCc1ccccc1Cl)C[C@@H](O)COc1cccc2ccccc12. The average molecular weight is 458 g/mol. The van der Waals surface area contributed by atoms with Gasteiger partial charge in [0.15, 0.2) is 0 Å². The lowest BCUT2D eigenvalue weighted by Crippen LogP contribution is -2.44. The van der Waals surface area contributed by atoms with E-state index in [2.05, 4.69) is 0 Å². The van der Waals surface area contributed by atoms with Crippen LogP contribution >= 0.6 is 11.6 Å². The van der Waals surface area contributed by atoms with Crippen LogP contribution in [-0.4, -0.2) is 59.7 Å². The summed E-state index contributed by atoms with van der Waals surface area (Å²) in [6.45, 7) is 5.58. The van der Waals surface area contributed by atoms with Crippen LogP contribution in [0.4, 0.5) is 0 Å².